The Morgan fingerprint density at radius 1 is 1.54 bits per heavy atom. The SMILES string of the molecule is CCC1(c2ccsc2)C(N)C1(C)C. The number of nitrogens with two attached hydrogens (primary N) is 1. The number of hydrogen-bond acceptors (Lipinski definition) is 2. The summed E-state index contributed by atoms with van der Waals surface area (Å²) in [5.41, 5.74) is 8.17. The lowest BCUT2D eigenvalue weighted by atomic mass is 9.87. The third kappa shape index (κ3) is 0.906. The Morgan fingerprint density at radius 3 is 2.46 bits per heavy atom. The van der Waals surface area contributed by atoms with Crippen molar-refractivity contribution < 1.29 is 0 Å². The molecule has 0 radical (unpaired) electrons. The van der Waals surface area contributed by atoms with Crippen molar-refractivity contribution in [2.24, 2.45) is 11.1 Å². The van der Waals surface area contributed by atoms with Crippen LogP contribution in [0, 0.1) is 5.41 Å². The van der Waals surface area contributed by atoms with E-state index in [0.717, 1.165) is 6.42 Å². The second-order valence-electron chi connectivity index (χ2n) is 4.54. The molecular weight excluding hydrogens is 178 g/mol. The molecule has 2 unspecified atom stereocenters. The lowest BCUT2D eigenvalue weighted by molar-refractivity contribution is 0.484. The molecule has 2 heteroatoms. The molecule has 0 spiro atoms. The Kier molecular flexibility index (Phi) is 1.83. The van der Waals surface area contributed by atoms with Gasteiger partial charge in [0.25, 0.3) is 0 Å². The minimum atomic E-state index is 0.257. The van der Waals surface area contributed by atoms with Crippen LogP contribution in [0.15, 0.2) is 16.8 Å². The van der Waals surface area contributed by atoms with Crippen molar-refractivity contribution in [2.75, 3.05) is 0 Å². The fraction of sp³-hybridized carbons (Fsp3) is 0.636. The van der Waals surface area contributed by atoms with Gasteiger partial charge in [0, 0.05) is 11.5 Å². The Bertz CT molecular complexity index is 302. The largest absolute Gasteiger partial charge is 0.326 e. The highest BCUT2D eigenvalue weighted by atomic mass is 32.1. The van der Waals surface area contributed by atoms with Gasteiger partial charge >= 0.3 is 0 Å². The lowest BCUT2D eigenvalue weighted by Gasteiger charge is -2.16. The number of hydrogen-bond donors (Lipinski definition) is 1. The fourth-order valence-corrected chi connectivity index (χ4v) is 3.58. The van der Waals surface area contributed by atoms with Gasteiger partial charge in [0.15, 0.2) is 0 Å². The van der Waals surface area contributed by atoms with E-state index >= 15 is 0 Å². The van der Waals surface area contributed by atoms with Crippen molar-refractivity contribution in [2.45, 2.75) is 38.6 Å². The van der Waals surface area contributed by atoms with Gasteiger partial charge < -0.3 is 5.73 Å². The summed E-state index contributed by atoms with van der Waals surface area (Å²) in [6.45, 7) is 6.80. The predicted molar refractivity (Wildman–Crippen MR) is 58.0 cm³/mol. The highest BCUT2D eigenvalue weighted by Crippen LogP contribution is 2.65. The molecule has 2 N–H and O–H groups in total. The van der Waals surface area contributed by atoms with Gasteiger partial charge in [-0.05, 0) is 34.2 Å². The maximum absolute atomic E-state index is 6.19. The van der Waals surface area contributed by atoms with Gasteiger partial charge in [0.1, 0.15) is 0 Å². The predicted octanol–water partition coefficient (Wildman–Crippen LogP) is 2.76. The highest BCUT2D eigenvalue weighted by molar-refractivity contribution is 7.08. The lowest BCUT2D eigenvalue weighted by Crippen LogP contribution is -2.16. The van der Waals surface area contributed by atoms with Crippen molar-refractivity contribution in [3.05, 3.63) is 22.4 Å². The molecule has 72 valence electrons. The van der Waals surface area contributed by atoms with E-state index in [2.05, 4.69) is 37.6 Å². The molecular formula is C11H17NS. The minimum Gasteiger partial charge on any atom is -0.326 e. The third-order valence-electron chi connectivity index (χ3n) is 3.97. The van der Waals surface area contributed by atoms with Crippen molar-refractivity contribution in [3.63, 3.8) is 0 Å². The summed E-state index contributed by atoms with van der Waals surface area (Å²) in [4.78, 5) is 0. The molecule has 1 fully saturated rings. The molecule has 2 rings (SSSR count). The Hall–Kier alpha value is -0.340. The summed E-state index contributed by atoms with van der Waals surface area (Å²) in [5, 5.41) is 4.39. The number of thiophene rings is 1. The molecule has 1 aliphatic carbocycles. The van der Waals surface area contributed by atoms with Gasteiger partial charge in [-0.1, -0.05) is 20.8 Å². The van der Waals surface area contributed by atoms with Crippen LogP contribution in [0.4, 0.5) is 0 Å². The summed E-state index contributed by atoms with van der Waals surface area (Å²) in [7, 11) is 0. The van der Waals surface area contributed by atoms with Gasteiger partial charge in [0.05, 0.1) is 0 Å². The molecule has 1 nitrogen and oxygen atoms in total. The highest BCUT2D eigenvalue weighted by Gasteiger charge is 2.68. The van der Waals surface area contributed by atoms with Crippen LogP contribution in [0.2, 0.25) is 0 Å². The molecule has 0 amide bonds. The van der Waals surface area contributed by atoms with E-state index < -0.39 is 0 Å². The first kappa shape index (κ1) is 9.22. The van der Waals surface area contributed by atoms with E-state index in [4.69, 9.17) is 5.73 Å². The summed E-state index contributed by atoms with van der Waals surface area (Å²) >= 11 is 1.77. The fourth-order valence-electron chi connectivity index (χ4n) is 2.84. The van der Waals surface area contributed by atoms with Crippen LogP contribution in [-0.4, -0.2) is 6.04 Å². The van der Waals surface area contributed by atoms with E-state index in [-0.39, 0.29) is 10.8 Å². The van der Waals surface area contributed by atoms with E-state index in [1.54, 1.807) is 11.3 Å². The van der Waals surface area contributed by atoms with Crippen molar-refractivity contribution in [1.29, 1.82) is 0 Å². The maximum atomic E-state index is 6.19. The normalized spacial score (nSPS) is 36.2. The molecule has 1 aromatic rings. The molecule has 0 saturated heterocycles. The van der Waals surface area contributed by atoms with Crippen LogP contribution in [0.25, 0.3) is 0 Å². The van der Waals surface area contributed by atoms with Crippen LogP contribution in [0.5, 0.6) is 0 Å². The Morgan fingerprint density at radius 2 is 2.15 bits per heavy atom. The van der Waals surface area contributed by atoms with E-state index in [1.165, 1.54) is 5.56 Å². The summed E-state index contributed by atoms with van der Waals surface area (Å²) < 4.78 is 0. The van der Waals surface area contributed by atoms with Gasteiger partial charge in [-0.15, -0.1) is 0 Å². The quantitative estimate of drug-likeness (QED) is 0.771. The van der Waals surface area contributed by atoms with Crippen LogP contribution in [0.1, 0.15) is 32.8 Å². The van der Waals surface area contributed by atoms with Gasteiger partial charge in [-0.25, -0.2) is 0 Å². The number of rotatable bonds is 2. The summed E-state index contributed by atoms with van der Waals surface area (Å²) in [6, 6.07) is 2.56. The molecule has 0 aromatic carbocycles. The Balaban J connectivity index is 2.41. The van der Waals surface area contributed by atoms with Gasteiger partial charge in [-0.2, -0.15) is 11.3 Å². The molecule has 1 saturated carbocycles. The molecule has 2 atom stereocenters. The monoisotopic (exact) mass is 195 g/mol. The zero-order chi connectivity index (χ0) is 9.69. The molecule has 0 aliphatic heterocycles. The standard InChI is InChI=1S/C11H17NS/c1-4-11(8-5-6-13-7-8)9(12)10(11,2)3/h5-7,9H,4,12H2,1-3H3. The topological polar surface area (TPSA) is 26.0 Å². The zero-order valence-electron chi connectivity index (χ0n) is 8.50. The van der Waals surface area contributed by atoms with E-state index in [9.17, 15) is 0 Å². The van der Waals surface area contributed by atoms with Crippen molar-refractivity contribution in [1.82, 2.24) is 0 Å². The second-order valence-corrected chi connectivity index (χ2v) is 5.32. The minimum absolute atomic E-state index is 0.257. The molecule has 1 aliphatic rings. The molecule has 1 heterocycles. The van der Waals surface area contributed by atoms with Crippen molar-refractivity contribution >= 4 is 11.3 Å². The van der Waals surface area contributed by atoms with Crippen LogP contribution < -0.4 is 5.73 Å². The first-order valence-corrected chi connectivity index (χ1v) is 5.80. The van der Waals surface area contributed by atoms with E-state index in [0.29, 0.717) is 6.04 Å². The molecule has 13 heavy (non-hydrogen) atoms. The Labute approximate surface area is 84.0 Å². The summed E-state index contributed by atoms with van der Waals surface area (Å²) in [6.07, 6.45) is 1.15. The van der Waals surface area contributed by atoms with Crippen LogP contribution in [0.3, 0.4) is 0 Å². The van der Waals surface area contributed by atoms with Crippen LogP contribution in [-0.2, 0) is 5.41 Å². The van der Waals surface area contributed by atoms with Crippen molar-refractivity contribution in [3.8, 4) is 0 Å². The summed E-state index contributed by atoms with van der Waals surface area (Å²) in [5.74, 6) is 0. The van der Waals surface area contributed by atoms with Crippen LogP contribution >= 0.6 is 11.3 Å². The van der Waals surface area contributed by atoms with Gasteiger partial charge in [-0.3, -0.25) is 0 Å². The first-order valence-electron chi connectivity index (χ1n) is 4.85. The van der Waals surface area contributed by atoms with Gasteiger partial charge in [0.2, 0.25) is 0 Å². The maximum Gasteiger partial charge on any atom is 0.0203 e. The second kappa shape index (κ2) is 2.58. The molecule has 0 bridgehead atoms. The smallest absolute Gasteiger partial charge is 0.0203 e. The first-order chi connectivity index (χ1) is 6.07. The average molecular weight is 195 g/mol. The molecule has 1 aromatic heterocycles. The average Bonchev–Trinajstić information content (AvgIpc) is 2.55. The van der Waals surface area contributed by atoms with E-state index in [1.807, 2.05) is 0 Å². The third-order valence-corrected chi connectivity index (χ3v) is 4.65. The zero-order valence-corrected chi connectivity index (χ0v) is 9.32.